The minimum atomic E-state index is -0.487. The molecule has 2 amide bonds. The molecule has 0 N–H and O–H groups in total. The van der Waals surface area contributed by atoms with Gasteiger partial charge in [0.25, 0.3) is 0 Å². The van der Waals surface area contributed by atoms with Gasteiger partial charge in [0, 0.05) is 38.9 Å². The minimum Gasteiger partial charge on any atom is -0.449 e. The van der Waals surface area contributed by atoms with Crippen LogP contribution in [-0.4, -0.2) is 62.7 Å². The van der Waals surface area contributed by atoms with E-state index in [0.717, 1.165) is 0 Å². The van der Waals surface area contributed by atoms with Crippen LogP contribution < -0.4 is 0 Å². The molecule has 0 atom stereocenters. The summed E-state index contributed by atoms with van der Waals surface area (Å²) in [5.74, 6) is 0. The molecule has 0 rings (SSSR count). The third-order valence-electron chi connectivity index (χ3n) is 2.36. The summed E-state index contributed by atoms with van der Waals surface area (Å²) < 4.78 is 10.0. The first-order valence-corrected chi connectivity index (χ1v) is 6.57. The van der Waals surface area contributed by atoms with Crippen molar-refractivity contribution in [3.05, 3.63) is 24.8 Å². The molecule has 0 aromatic heterocycles. The molecule has 8 heteroatoms. The van der Waals surface area contributed by atoms with Crippen LogP contribution in [0.3, 0.4) is 0 Å². The van der Waals surface area contributed by atoms with Crippen LogP contribution in [0.25, 0.3) is 0 Å². The highest BCUT2D eigenvalue weighted by atomic mass is 16.6. The highest BCUT2D eigenvalue weighted by molar-refractivity contribution is 5.68. The number of aliphatic imine (C=N–C) groups is 2. The average Bonchev–Trinajstić information content (AvgIpc) is 2.52. The summed E-state index contributed by atoms with van der Waals surface area (Å²) in [4.78, 5) is 32.4. The SMILES string of the molecule is C=N/C=C\N(C)C(=O)OCCCCOC(=O)N(C)/C=C\N=C. The normalized spacial score (nSPS) is 10.5. The lowest BCUT2D eigenvalue weighted by Crippen LogP contribution is -2.23. The highest BCUT2D eigenvalue weighted by Crippen LogP contribution is 1.98. The topological polar surface area (TPSA) is 83.8 Å². The molecule has 0 heterocycles. The molecule has 0 radical (unpaired) electrons. The Kier molecular flexibility index (Phi) is 10.7. The molecule has 0 saturated carbocycles. The number of amides is 2. The van der Waals surface area contributed by atoms with Crippen LogP contribution in [0.15, 0.2) is 34.8 Å². The fourth-order valence-electron chi connectivity index (χ4n) is 1.14. The molecule has 0 aromatic rings. The van der Waals surface area contributed by atoms with Crippen LogP contribution in [-0.2, 0) is 9.47 Å². The van der Waals surface area contributed by atoms with Crippen molar-refractivity contribution in [2.75, 3.05) is 27.3 Å². The summed E-state index contributed by atoms with van der Waals surface area (Å²) in [6.45, 7) is 7.00. The summed E-state index contributed by atoms with van der Waals surface area (Å²) in [5.41, 5.74) is 0. The Balaban J connectivity index is 3.73. The van der Waals surface area contributed by atoms with Gasteiger partial charge in [-0.1, -0.05) is 0 Å². The quantitative estimate of drug-likeness (QED) is 0.483. The Labute approximate surface area is 130 Å². The van der Waals surface area contributed by atoms with Crippen molar-refractivity contribution >= 4 is 25.6 Å². The Hall–Kier alpha value is -2.64. The molecule has 0 aromatic carbocycles. The molecular weight excluding hydrogens is 288 g/mol. The Morgan fingerprint density at radius 2 is 1.27 bits per heavy atom. The van der Waals surface area contributed by atoms with Crippen molar-refractivity contribution in [1.82, 2.24) is 9.80 Å². The van der Waals surface area contributed by atoms with Crippen molar-refractivity contribution in [1.29, 1.82) is 0 Å². The standard InChI is InChI=1S/C14H22N4O4/c1-15-7-9-17(3)13(19)21-11-5-6-12-22-14(20)18(4)10-8-16-2/h7-10H,1-2,5-6,11-12H2,3-4H3/b9-7-,10-8-. The van der Waals surface area contributed by atoms with Crippen LogP contribution >= 0.6 is 0 Å². The van der Waals surface area contributed by atoms with Gasteiger partial charge >= 0.3 is 12.2 Å². The van der Waals surface area contributed by atoms with Gasteiger partial charge in [-0.25, -0.2) is 9.59 Å². The van der Waals surface area contributed by atoms with Gasteiger partial charge < -0.3 is 9.47 Å². The van der Waals surface area contributed by atoms with Gasteiger partial charge in [0.1, 0.15) is 0 Å². The first-order chi connectivity index (χ1) is 10.5. The second-order valence-corrected chi connectivity index (χ2v) is 4.12. The minimum absolute atomic E-state index is 0.242. The summed E-state index contributed by atoms with van der Waals surface area (Å²) in [5, 5.41) is 0. The zero-order chi connectivity index (χ0) is 16.8. The number of unbranched alkanes of at least 4 members (excludes halogenated alkanes) is 1. The molecule has 0 aliphatic heterocycles. The fourth-order valence-corrected chi connectivity index (χ4v) is 1.14. The second-order valence-electron chi connectivity index (χ2n) is 4.12. The third-order valence-corrected chi connectivity index (χ3v) is 2.36. The van der Waals surface area contributed by atoms with Crippen molar-refractivity contribution < 1.29 is 19.1 Å². The van der Waals surface area contributed by atoms with E-state index in [1.165, 1.54) is 34.6 Å². The maximum atomic E-state index is 11.5. The van der Waals surface area contributed by atoms with Gasteiger partial charge in [-0.15, -0.1) is 0 Å². The zero-order valence-electron chi connectivity index (χ0n) is 13.0. The van der Waals surface area contributed by atoms with E-state index in [1.807, 2.05) is 0 Å². The van der Waals surface area contributed by atoms with Crippen LogP contribution in [0.1, 0.15) is 12.8 Å². The van der Waals surface area contributed by atoms with Crippen molar-refractivity contribution in [2.24, 2.45) is 9.98 Å². The Morgan fingerprint density at radius 1 is 0.909 bits per heavy atom. The number of hydrogen-bond acceptors (Lipinski definition) is 6. The van der Waals surface area contributed by atoms with E-state index in [0.29, 0.717) is 12.8 Å². The van der Waals surface area contributed by atoms with Gasteiger partial charge in [-0.05, 0) is 26.3 Å². The van der Waals surface area contributed by atoms with E-state index in [2.05, 4.69) is 23.4 Å². The molecule has 8 nitrogen and oxygen atoms in total. The van der Waals surface area contributed by atoms with Crippen molar-refractivity contribution in [3.8, 4) is 0 Å². The molecule has 0 aliphatic carbocycles. The lowest BCUT2D eigenvalue weighted by atomic mass is 10.3. The van der Waals surface area contributed by atoms with Gasteiger partial charge in [-0.2, -0.15) is 0 Å². The number of hydrogen-bond donors (Lipinski definition) is 0. The molecule has 122 valence electrons. The first kappa shape index (κ1) is 19.4. The molecule has 0 unspecified atom stereocenters. The summed E-state index contributed by atoms with van der Waals surface area (Å²) in [6.07, 6.45) is 5.85. The van der Waals surface area contributed by atoms with E-state index in [1.54, 1.807) is 14.1 Å². The molecule has 0 bridgehead atoms. The number of nitrogens with zero attached hydrogens (tertiary/aromatic N) is 4. The lowest BCUT2D eigenvalue weighted by molar-refractivity contribution is 0.107. The number of rotatable bonds is 9. The number of carbonyl (C=O) groups is 2. The molecule has 0 saturated heterocycles. The summed E-state index contributed by atoms with van der Waals surface area (Å²) >= 11 is 0. The molecular formula is C14H22N4O4. The zero-order valence-corrected chi connectivity index (χ0v) is 13.0. The molecule has 0 fully saturated rings. The smallest absolute Gasteiger partial charge is 0.413 e. The van der Waals surface area contributed by atoms with Crippen LogP contribution in [0.2, 0.25) is 0 Å². The molecule has 0 aliphatic rings. The van der Waals surface area contributed by atoms with E-state index in [4.69, 9.17) is 9.47 Å². The Bertz CT molecular complexity index is 395. The monoisotopic (exact) mass is 310 g/mol. The van der Waals surface area contributed by atoms with E-state index < -0.39 is 12.2 Å². The number of carbonyl (C=O) groups excluding carboxylic acids is 2. The Morgan fingerprint density at radius 3 is 1.59 bits per heavy atom. The third kappa shape index (κ3) is 9.29. The lowest BCUT2D eigenvalue weighted by Gasteiger charge is -2.13. The predicted molar refractivity (Wildman–Crippen MR) is 84.8 cm³/mol. The highest BCUT2D eigenvalue weighted by Gasteiger charge is 2.08. The van der Waals surface area contributed by atoms with Gasteiger partial charge in [0.15, 0.2) is 0 Å². The van der Waals surface area contributed by atoms with Crippen LogP contribution in [0, 0.1) is 0 Å². The van der Waals surface area contributed by atoms with Crippen LogP contribution in [0.5, 0.6) is 0 Å². The fraction of sp³-hybridized carbons (Fsp3) is 0.429. The first-order valence-electron chi connectivity index (χ1n) is 6.57. The molecule has 0 spiro atoms. The van der Waals surface area contributed by atoms with Gasteiger partial charge in [-0.3, -0.25) is 19.8 Å². The summed E-state index contributed by atoms with van der Waals surface area (Å²) in [7, 11) is 3.10. The van der Waals surface area contributed by atoms with Crippen molar-refractivity contribution in [3.63, 3.8) is 0 Å². The maximum absolute atomic E-state index is 11.5. The van der Waals surface area contributed by atoms with E-state index in [-0.39, 0.29) is 13.2 Å². The summed E-state index contributed by atoms with van der Waals surface area (Å²) in [6, 6.07) is 0. The average molecular weight is 310 g/mol. The maximum Gasteiger partial charge on any atom is 0.413 e. The number of ether oxygens (including phenoxy) is 2. The second kappa shape index (κ2) is 12.1. The van der Waals surface area contributed by atoms with Crippen LogP contribution in [0.4, 0.5) is 9.59 Å². The molecule has 22 heavy (non-hydrogen) atoms. The van der Waals surface area contributed by atoms with E-state index >= 15 is 0 Å². The predicted octanol–water partition coefficient (Wildman–Crippen LogP) is 2.25. The largest absolute Gasteiger partial charge is 0.449 e. The van der Waals surface area contributed by atoms with Crippen molar-refractivity contribution in [2.45, 2.75) is 12.8 Å². The van der Waals surface area contributed by atoms with Gasteiger partial charge in [0.05, 0.1) is 13.2 Å². The van der Waals surface area contributed by atoms with Gasteiger partial charge in [0.2, 0.25) is 0 Å². The van der Waals surface area contributed by atoms with E-state index in [9.17, 15) is 9.59 Å².